The van der Waals surface area contributed by atoms with Gasteiger partial charge in [0, 0.05) is 10.1 Å². The van der Waals surface area contributed by atoms with E-state index >= 15 is 0 Å². The summed E-state index contributed by atoms with van der Waals surface area (Å²) >= 11 is 2.29. The Morgan fingerprint density at radius 1 is 1.50 bits per heavy atom. The van der Waals surface area contributed by atoms with Crippen molar-refractivity contribution < 1.29 is 4.74 Å². The lowest BCUT2D eigenvalue weighted by molar-refractivity contribution is 0.398. The molecule has 5 nitrogen and oxygen atoms in total. The van der Waals surface area contributed by atoms with Crippen LogP contribution in [0.15, 0.2) is 30.5 Å². The Labute approximate surface area is 132 Å². The molecule has 108 valence electrons. The Balaban J connectivity index is 2.48. The molecule has 0 saturated heterocycles. The molecule has 0 bridgehead atoms. The predicted molar refractivity (Wildman–Crippen MR) is 87.4 cm³/mol. The molecule has 0 aliphatic rings. The molecule has 1 aromatic heterocycles. The predicted octanol–water partition coefficient (Wildman–Crippen LogP) is 2.46. The van der Waals surface area contributed by atoms with Crippen molar-refractivity contribution in [3.8, 4) is 5.75 Å². The van der Waals surface area contributed by atoms with E-state index in [0.717, 1.165) is 30.0 Å². The van der Waals surface area contributed by atoms with Gasteiger partial charge in [0.15, 0.2) is 5.75 Å². The normalized spacial score (nSPS) is 12.4. The summed E-state index contributed by atoms with van der Waals surface area (Å²) in [5.74, 6) is 6.54. The minimum atomic E-state index is -0.145. The molecule has 1 heterocycles. The average Bonchev–Trinajstić information content (AvgIpc) is 2.84. The lowest BCUT2D eigenvalue weighted by atomic mass is 10.0. The van der Waals surface area contributed by atoms with Crippen molar-refractivity contribution in [2.24, 2.45) is 5.84 Å². The number of aryl methyl sites for hydroxylation is 1. The van der Waals surface area contributed by atoms with Gasteiger partial charge in [-0.2, -0.15) is 5.10 Å². The number of aromatic nitrogens is 2. The summed E-state index contributed by atoms with van der Waals surface area (Å²) in [4.78, 5) is 0. The van der Waals surface area contributed by atoms with E-state index in [0.29, 0.717) is 0 Å². The fourth-order valence-electron chi connectivity index (χ4n) is 2.24. The third-order valence-corrected chi connectivity index (χ3v) is 3.79. The number of rotatable bonds is 6. The molecule has 2 rings (SSSR count). The van der Waals surface area contributed by atoms with Crippen LogP contribution in [0.1, 0.15) is 30.6 Å². The van der Waals surface area contributed by atoms with Crippen molar-refractivity contribution in [2.75, 3.05) is 7.11 Å². The summed E-state index contributed by atoms with van der Waals surface area (Å²) in [7, 11) is 1.65. The van der Waals surface area contributed by atoms with Crippen LogP contribution in [0.4, 0.5) is 0 Å². The fraction of sp³-hybridized carbons (Fsp3) is 0.357. The molecular weight excluding hydrogens is 367 g/mol. The maximum absolute atomic E-state index is 5.79. The topological polar surface area (TPSA) is 65.1 Å². The van der Waals surface area contributed by atoms with Crippen LogP contribution in [0.25, 0.3) is 0 Å². The van der Waals surface area contributed by atoms with E-state index in [1.165, 1.54) is 3.57 Å². The highest BCUT2D eigenvalue weighted by Crippen LogP contribution is 2.30. The summed E-state index contributed by atoms with van der Waals surface area (Å²) < 4.78 is 8.54. The van der Waals surface area contributed by atoms with Gasteiger partial charge >= 0.3 is 0 Å². The van der Waals surface area contributed by atoms with Crippen LogP contribution in [-0.2, 0) is 6.54 Å². The average molecular weight is 386 g/mol. The van der Waals surface area contributed by atoms with E-state index in [9.17, 15) is 0 Å². The zero-order chi connectivity index (χ0) is 14.5. The second-order valence-electron chi connectivity index (χ2n) is 4.48. The van der Waals surface area contributed by atoms with Crippen molar-refractivity contribution in [1.29, 1.82) is 0 Å². The van der Waals surface area contributed by atoms with Crippen molar-refractivity contribution >= 4 is 22.6 Å². The van der Waals surface area contributed by atoms with Gasteiger partial charge in [0.2, 0.25) is 0 Å². The quantitative estimate of drug-likeness (QED) is 0.455. The van der Waals surface area contributed by atoms with E-state index in [4.69, 9.17) is 10.6 Å². The lowest BCUT2D eigenvalue weighted by Crippen LogP contribution is -2.31. The third-order valence-electron chi connectivity index (χ3n) is 3.12. The van der Waals surface area contributed by atoms with Crippen LogP contribution >= 0.6 is 22.6 Å². The van der Waals surface area contributed by atoms with Crippen molar-refractivity contribution in [1.82, 2.24) is 15.2 Å². The molecule has 1 atom stereocenters. The monoisotopic (exact) mass is 386 g/mol. The van der Waals surface area contributed by atoms with Gasteiger partial charge in [0.05, 0.1) is 19.3 Å². The Morgan fingerprint density at radius 2 is 2.30 bits per heavy atom. The minimum absolute atomic E-state index is 0.145. The Kier molecular flexibility index (Phi) is 5.38. The maximum Gasteiger partial charge on any atom is 0.161 e. The van der Waals surface area contributed by atoms with Gasteiger partial charge in [-0.3, -0.25) is 10.5 Å². The number of nitrogens with zero attached hydrogens (tertiary/aromatic N) is 2. The molecule has 0 aliphatic heterocycles. The summed E-state index contributed by atoms with van der Waals surface area (Å²) in [6.07, 6.45) is 2.74. The molecule has 3 N–H and O–H groups in total. The molecule has 1 aromatic carbocycles. The zero-order valence-corrected chi connectivity index (χ0v) is 13.8. The van der Waals surface area contributed by atoms with Gasteiger partial charge < -0.3 is 4.74 Å². The molecule has 0 spiro atoms. The number of ether oxygens (including phenoxy) is 1. The van der Waals surface area contributed by atoms with Gasteiger partial charge in [-0.05, 0) is 46.7 Å². The first-order valence-electron chi connectivity index (χ1n) is 6.52. The van der Waals surface area contributed by atoms with Gasteiger partial charge in [0.25, 0.3) is 0 Å². The largest absolute Gasteiger partial charge is 0.493 e. The molecule has 6 heteroatoms. The highest BCUT2D eigenvalue weighted by Gasteiger charge is 2.22. The van der Waals surface area contributed by atoms with Crippen LogP contribution in [0.3, 0.4) is 0 Å². The fourth-order valence-corrected chi connectivity index (χ4v) is 2.80. The molecular formula is C14H19IN4O. The van der Waals surface area contributed by atoms with E-state index < -0.39 is 0 Å². The first-order chi connectivity index (χ1) is 9.71. The SMILES string of the molecule is CCCn1ncc(OC)c1C(NN)c1cccc(I)c1. The molecule has 0 aliphatic carbocycles. The van der Waals surface area contributed by atoms with Crippen LogP contribution in [0.2, 0.25) is 0 Å². The number of hydrazine groups is 1. The standard InChI is InChI=1S/C14H19IN4O/c1-3-7-19-14(12(20-2)9-17-19)13(18-16)10-5-4-6-11(15)8-10/h4-6,8-9,13,18H,3,7,16H2,1-2H3. The van der Waals surface area contributed by atoms with Crippen LogP contribution < -0.4 is 16.0 Å². The lowest BCUT2D eigenvalue weighted by Gasteiger charge is -2.19. The highest BCUT2D eigenvalue weighted by molar-refractivity contribution is 14.1. The number of nitrogens with one attached hydrogen (secondary N) is 1. The van der Waals surface area contributed by atoms with E-state index in [1.807, 2.05) is 10.7 Å². The number of halogens is 1. The second-order valence-corrected chi connectivity index (χ2v) is 5.72. The number of hydrogen-bond donors (Lipinski definition) is 2. The Bertz CT molecular complexity index is 570. The Morgan fingerprint density at radius 3 is 2.90 bits per heavy atom. The molecule has 20 heavy (non-hydrogen) atoms. The number of nitrogens with two attached hydrogens (primary N) is 1. The Hall–Kier alpha value is -1.12. The van der Waals surface area contributed by atoms with Crippen LogP contribution in [0, 0.1) is 3.57 Å². The number of benzene rings is 1. The van der Waals surface area contributed by atoms with Gasteiger partial charge in [0.1, 0.15) is 5.69 Å². The molecule has 0 fully saturated rings. The molecule has 0 radical (unpaired) electrons. The molecule has 0 amide bonds. The molecule has 1 unspecified atom stereocenters. The van der Waals surface area contributed by atoms with Crippen molar-refractivity contribution in [2.45, 2.75) is 25.9 Å². The summed E-state index contributed by atoms with van der Waals surface area (Å²) in [5, 5.41) is 4.39. The van der Waals surface area contributed by atoms with Gasteiger partial charge in [-0.1, -0.05) is 19.1 Å². The summed E-state index contributed by atoms with van der Waals surface area (Å²) in [6, 6.07) is 8.09. The highest BCUT2D eigenvalue weighted by atomic mass is 127. The van der Waals surface area contributed by atoms with Crippen LogP contribution in [0.5, 0.6) is 5.75 Å². The maximum atomic E-state index is 5.79. The minimum Gasteiger partial charge on any atom is -0.493 e. The second kappa shape index (κ2) is 7.05. The number of methoxy groups -OCH3 is 1. The first kappa shape index (κ1) is 15.3. The van der Waals surface area contributed by atoms with Crippen LogP contribution in [-0.4, -0.2) is 16.9 Å². The number of hydrogen-bond acceptors (Lipinski definition) is 4. The van der Waals surface area contributed by atoms with E-state index in [-0.39, 0.29) is 6.04 Å². The zero-order valence-electron chi connectivity index (χ0n) is 11.6. The van der Waals surface area contributed by atoms with E-state index in [1.54, 1.807) is 13.3 Å². The first-order valence-corrected chi connectivity index (χ1v) is 7.60. The summed E-state index contributed by atoms with van der Waals surface area (Å²) in [5.41, 5.74) is 4.93. The molecule has 0 saturated carbocycles. The smallest absolute Gasteiger partial charge is 0.161 e. The summed E-state index contributed by atoms with van der Waals surface area (Å²) in [6.45, 7) is 2.95. The van der Waals surface area contributed by atoms with Crippen molar-refractivity contribution in [3.05, 3.63) is 45.3 Å². The van der Waals surface area contributed by atoms with Crippen molar-refractivity contribution in [3.63, 3.8) is 0 Å². The van der Waals surface area contributed by atoms with Gasteiger partial charge in [-0.15, -0.1) is 0 Å². The van der Waals surface area contributed by atoms with E-state index in [2.05, 4.69) is 58.2 Å². The molecule has 2 aromatic rings. The third kappa shape index (κ3) is 3.13. The van der Waals surface area contributed by atoms with Gasteiger partial charge in [-0.25, -0.2) is 5.43 Å².